The number of rotatable bonds is 7. The lowest BCUT2D eigenvalue weighted by atomic mass is 9.85. The molecule has 2 aromatic carbocycles. The Hall–Kier alpha value is -4.14. The molecule has 1 saturated carbocycles. The third-order valence-corrected chi connectivity index (χ3v) is 7.16. The molecule has 1 fully saturated rings. The van der Waals surface area contributed by atoms with Crippen molar-refractivity contribution < 1.29 is 24.2 Å². The topological polar surface area (TPSA) is 109 Å². The Morgan fingerprint density at radius 3 is 2.41 bits per heavy atom. The molecular formula is C28H29FN4O4. The van der Waals surface area contributed by atoms with Crippen LogP contribution in [-0.2, 0) is 18.3 Å². The minimum atomic E-state index is -1.16. The van der Waals surface area contributed by atoms with Gasteiger partial charge in [0.15, 0.2) is 5.69 Å². The lowest BCUT2D eigenvalue weighted by Gasteiger charge is -2.22. The van der Waals surface area contributed by atoms with Crippen LogP contribution in [0, 0.1) is 5.82 Å². The number of aliphatic carboxylic acids is 1. The van der Waals surface area contributed by atoms with E-state index in [1.165, 1.54) is 30.7 Å². The number of carbonyl (C=O) groups excluding carboxylic acids is 1. The Morgan fingerprint density at radius 2 is 1.76 bits per heavy atom. The summed E-state index contributed by atoms with van der Waals surface area (Å²) in [7, 11) is 1.90. The summed E-state index contributed by atoms with van der Waals surface area (Å²) in [4.78, 5) is 25.0. The van der Waals surface area contributed by atoms with Gasteiger partial charge >= 0.3 is 5.97 Å². The van der Waals surface area contributed by atoms with Crippen LogP contribution in [0.15, 0.2) is 54.6 Å². The van der Waals surface area contributed by atoms with Crippen LogP contribution in [-0.4, -0.2) is 42.3 Å². The average molecular weight is 505 g/mol. The van der Waals surface area contributed by atoms with Crippen LogP contribution in [0.3, 0.4) is 0 Å². The van der Waals surface area contributed by atoms with Gasteiger partial charge in [-0.2, -0.15) is 5.10 Å². The number of carboxylic acids is 1. The Bertz CT molecular complexity index is 1430. The summed E-state index contributed by atoms with van der Waals surface area (Å²) >= 11 is 0. The SMILES string of the molecule is Cn1c(-c2ccc(F)cc2)c(C2CCCCC2)n2nc(C(=O)NC(Cc3ccc(O)cc3)C(=O)O)cc12. The first-order valence-corrected chi connectivity index (χ1v) is 12.5. The Morgan fingerprint density at radius 1 is 1.08 bits per heavy atom. The number of carboxylic acid groups (broad SMARTS) is 1. The maximum absolute atomic E-state index is 13.6. The molecule has 0 bridgehead atoms. The molecule has 0 saturated heterocycles. The number of nitrogens with one attached hydrogen (secondary N) is 1. The minimum Gasteiger partial charge on any atom is -0.508 e. The van der Waals surface area contributed by atoms with Crippen molar-refractivity contribution in [3.8, 4) is 17.0 Å². The molecule has 3 N–H and O–H groups in total. The lowest BCUT2D eigenvalue weighted by molar-refractivity contribution is -0.139. The van der Waals surface area contributed by atoms with Crippen molar-refractivity contribution in [1.82, 2.24) is 19.5 Å². The zero-order valence-corrected chi connectivity index (χ0v) is 20.5. The number of benzene rings is 2. The van der Waals surface area contributed by atoms with Gasteiger partial charge < -0.3 is 20.1 Å². The van der Waals surface area contributed by atoms with E-state index in [0.29, 0.717) is 11.2 Å². The number of phenols is 1. The van der Waals surface area contributed by atoms with Gasteiger partial charge in [-0.05, 0) is 54.8 Å². The molecule has 192 valence electrons. The second-order valence-corrected chi connectivity index (χ2v) is 9.67. The number of phenolic OH excluding ortho intramolecular Hbond substituents is 1. The smallest absolute Gasteiger partial charge is 0.326 e. The van der Waals surface area contributed by atoms with Crippen molar-refractivity contribution in [2.24, 2.45) is 7.05 Å². The van der Waals surface area contributed by atoms with Crippen molar-refractivity contribution in [2.75, 3.05) is 0 Å². The monoisotopic (exact) mass is 504 g/mol. The van der Waals surface area contributed by atoms with E-state index >= 15 is 0 Å². The van der Waals surface area contributed by atoms with Crippen LogP contribution in [0.25, 0.3) is 16.9 Å². The Balaban J connectivity index is 1.49. The molecule has 2 aromatic heterocycles. The molecule has 0 aliphatic heterocycles. The summed E-state index contributed by atoms with van der Waals surface area (Å²) < 4.78 is 17.4. The van der Waals surface area contributed by atoms with Crippen molar-refractivity contribution >= 4 is 17.5 Å². The molecule has 0 radical (unpaired) electrons. The number of aromatic nitrogens is 3. The first-order chi connectivity index (χ1) is 17.8. The highest BCUT2D eigenvalue weighted by molar-refractivity contribution is 5.96. The number of halogens is 1. The van der Waals surface area contributed by atoms with Gasteiger partial charge in [-0.3, -0.25) is 4.79 Å². The number of imidazole rings is 1. The van der Waals surface area contributed by atoms with E-state index in [1.807, 2.05) is 11.6 Å². The number of amides is 1. The summed E-state index contributed by atoms with van der Waals surface area (Å²) in [6.45, 7) is 0. The largest absolute Gasteiger partial charge is 0.508 e. The molecule has 1 unspecified atom stereocenters. The summed E-state index contributed by atoms with van der Waals surface area (Å²) in [6, 6.07) is 13.1. The molecule has 37 heavy (non-hydrogen) atoms. The molecule has 1 aliphatic carbocycles. The van der Waals surface area contributed by atoms with E-state index in [9.17, 15) is 24.2 Å². The Kier molecular flexibility index (Phi) is 6.69. The fourth-order valence-electron chi connectivity index (χ4n) is 5.28. The van der Waals surface area contributed by atoms with Gasteiger partial charge in [0.2, 0.25) is 0 Å². The van der Waals surface area contributed by atoms with Crippen LogP contribution in [0.2, 0.25) is 0 Å². The zero-order valence-electron chi connectivity index (χ0n) is 20.5. The van der Waals surface area contributed by atoms with E-state index < -0.39 is 17.9 Å². The van der Waals surface area contributed by atoms with Gasteiger partial charge in [0, 0.05) is 31.0 Å². The van der Waals surface area contributed by atoms with Gasteiger partial charge in [-0.25, -0.2) is 13.7 Å². The van der Waals surface area contributed by atoms with Crippen molar-refractivity contribution in [3.05, 3.63) is 77.4 Å². The molecule has 1 aliphatic rings. The van der Waals surface area contributed by atoms with Crippen molar-refractivity contribution in [3.63, 3.8) is 0 Å². The minimum absolute atomic E-state index is 0.0662. The van der Waals surface area contributed by atoms with Gasteiger partial charge in [0.1, 0.15) is 23.3 Å². The second kappa shape index (κ2) is 10.1. The number of hydrogen-bond acceptors (Lipinski definition) is 4. The van der Waals surface area contributed by atoms with Gasteiger partial charge in [0.25, 0.3) is 5.91 Å². The van der Waals surface area contributed by atoms with Crippen LogP contribution in [0.1, 0.15) is 59.8 Å². The highest BCUT2D eigenvalue weighted by Crippen LogP contribution is 2.39. The average Bonchev–Trinajstić information content (AvgIpc) is 3.44. The Labute approximate surface area is 213 Å². The highest BCUT2D eigenvalue weighted by atomic mass is 19.1. The quantitative estimate of drug-likeness (QED) is 0.339. The van der Waals surface area contributed by atoms with Crippen LogP contribution >= 0.6 is 0 Å². The molecular weight excluding hydrogens is 475 g/mol. The molecule has 2 heterocycles. The number of carbonyl (C=O) groups is 2. The van der Waals surface area contributed by atoms with E-state index in [4.69, 9.17) is 0 Å². The zero-order chi connectivity index (χ0) is 26.1. The number of hydrogen-bond donors (Lipinski definition) is 3. The van der Waals surface area contributed by atoms with E-state index in [0.717, 1.165) is 42.6 Å². The number of fused-ring (bicyclic) bond motifs is 1. The number of nitrogens with zero attached hydrogens (tertiary/aromatic N) is 3. The number of aryl methyl sites for hydroxylation is 1. The summed E-state index contributed by atoms with van der Waals surface area (Å²) in [5.41, 5.74) is 4.31. The van der Waals surface area contributed by atoms with Gasteiger partial charge in [0.05, 0.1) is 11.4 Å². The predicted octanol–water partition coefficient (Wildman–Crippen LogP) is 4.66. The fraction of sp³-hybridized carbons (Fsp3) is 0.321. The van der Waals surface area contributed by atoms with Crippen molar-refractivity contribution in [1.29, 1.82) is 0 Å². The van der Waals surface area contributed by atoms with Crippen LogP contribution in [0.4, 0.5) is 4.39 Å². The standard InChI is InChI=1S/C28H29FN4O4/c1-32-24-16-22(27(35)30-23(28(36)37)15-17-7-13-21(34)14-8-17)31-33(24)26(18-5-3-2-4-6-18)25(32)19-9-11-20(29)12-10-19/h7-14,16,18,23,34H,2-6,15H2,1H3,(H,30,35)(H,36,37). The predicted molar refractivity (Wildman–Crippen MR) is 136 cm³/mol. The third-order valence-electron chi connectivity index (χ3n) is 7.16. The van der Waals surface area contributed by atoms with Gasteiger partial charge in [-0.15, -0.1) is 0 Å². The molecule has 4 aromatic rings. The molecule has 5 rings (SSSR count). The highest BCUT2D eigenvalue weighted by Gasteiger charge is 2.29. The van der Waals surface area contributed by atoms with E-state index in [-0.39, 0.29) is 29.6 Å². The lowest BCUT2D eigenvalue weighted by Crippen LogP contribution is -2.42. The first kappa shape index (κ1) is 24.5. The van der Waals surface area contributed by atoms with E-state index in [1.54, 1.807) is 34.8 Å². The van der Waals surface area contributed by atoms with Crippen LogP contribution < -0.4 is 5.32 Å². The summed E-state index contributed by atoms with van der Waals surface area (Å²) in [6.07, 6.45) is 5.47. The van der Waals surface area contributed by atoms with Crippen LogP contribution in [0.5, 0.6) is 5.75 Å². The third kappa shape index (κ3) is 4.94. The fourth-order valence-corrected chi connectivity index (χ4v) is 5.28. The maximum Gasteiger partial charge on any atom is 0.326 e. The van der Waals surface area contributed by atoms with E-state index in [2.05, 4.69) is 10.4 Å². The summed E-state index contributed by atoms with van der Waals surface area (Å²) in [5.74, 6) is -1.71. The normalized spacial score (nSPS) is 15.1. The van der Waals surface area contributed by atoms with Crippen molar-refractivity contribution in [2.45, 2.75) is 50.5 Å². The molecule has 1 atom stereocenters. The summed E-state index contributed by atoms with van der Waals surface area (Å²) in [5, 5.41) is 26.4. The molecule has 8 nitrogen and oxygen atoms in total. The number of aromatic hydroxyl groups is 1. The van der Waals surface area contributed by atoms with Gasteiger partial charge in [-0.1, -0.05) is 31.4 Å². The second-order valence-electron chi connectivity index (χ2n) is 9.67. The first-order valence-electron chi connectivity index (χ1n) is 12.5. The molecule has 0 spiro atoms. The molecule has 9 heteroatoms. The maximum atomic E-state index is 13.6. The molecule has 1 amide bonds.